The first-order valence-electron chi connectivity index (χ1n) is 10.1. The molecule has 1 heteroatoms. The van der Waals surface area contributed by atoms with E-state index in [0.29, 0.717) is 0 Å². The molecule has 0 bridgehead atoms. The van der Waals surface area contributed by atoms with E-state index in [0.717, 1.165) is 18.5 Å². The Labute approximate surface area is 163 Å². The maximum atomic E-state index is 4.93. The lowest BCUT2D eigenvalue weighted by molar-refractivity contribution is 0.486. The Hall–Kier alpha value is -2.41. The average Bonchev–Trinajstić information content (AvgIpc) is 2.91. The number of hydrogen-bond acceptors (Lipinski definition) is 1. The summed E-state index contributed by atoms with van der Waals surface area (Å²) in [6, 6.07) is 13.7. The molecule has 3 aromatic rings. The van der Waals surface area contributed by atoms with Crippen molar-refractivity contribution < 1.29 is 0 Å². The second-order valence-electron chi connectivity index (χ2n) is 8.29. The van der Waals surface area contributed by atoms with Crippen LogP contribution < -0.4 is 0 Å². The van der Waals surface area contributed by atoms with Gasteiger partial charge in [0.25, 0.3) is 0 Å². The number of hydrogen-bond donors (Lipinski definition) is 0. The van der Waals surface area contributed by atoms with Gasteiger partial charge in [-0.25, -0.2) is 0 Å². The first-order valence-corrected chi connectivity index (χ1v) is 10.1. The molecule has 1 aromatic heterocycles. The first-order chi connectivity index (χ1) is 12.9. The molecule has 0 saturated heterocycles. The fraction of sp³-hybridized carbons (Fsp3) is 0.346. The van der Waals surface area contributed by atoms with Crippen LogP contribution in [0.15, 0.2) is 42.6 Å². The third-order valence-electron chi connectivity index (χ3n) is 6.39. The Morgan fingerprint density at radius 1 is 0.741 bits per heavy atom. The third-order valence-corrected chi connectivity index (χ3v) is 6.39. The van der Waals surface area contributed by atoms with E-state index in [4.69, 9.17) is 4.98 Å². The van der Waals surface area contributed by atoms with Crippen molar-refractivity contribution in [3.63, 3.8) is 0 Å². The summed E-state index contributed by atoms with van der Waals surface area (Å²) < 4.78 is 0. The van der Waals surface area contributed by atoms with Gasteiger partial charge < -0.3 is 0 Å². The van der Waals surface area contributed by atoms with Crippen LogP contribution in [0.1, 0.15) is 60.1 Å². The minimum Gasteiger partial charge on any atom is -0.256 e. The smallest absolute Gasteiger partial charge is 0.0708 e. The molecule has 0 radical (unpaired) electrons. The van der Waals surface area contributed by atoms with Crippen LogP contribution in [-0.4, -0.2) is 4.98 Å². The van der Waals surface area contributed by atoms with E-state index in [1.165, 1.54) is 50.1 Å². The van der Waals surface area contributed by atoms with Gasteiger partial charge in [0.1, 0.15) is 0 Å². The van der Waals surface area contributed by atoms with Gasteiger partial charge in [0.15, 0.2) is 0 Å². The summed E-state index contributed by atoms with van der Waals surface area (Å²) in [6.45, 7) is 13.4. The monoisotopic (exact) mass is 355 g/mol. The summed E-state index contributed by atoms with van der Waals surface area (Å²) in [7, 11) is 0. The van der Waals surface area contributed by atoms with Crippen molar-refractivity contribution in [1.29, 1.82) is 0 Å². The van der Waals surface area contributed by atoms with Gasteiger partial charge in [-0.05, 0) is 86.6 Å². The minimum atomic E-state index is 0.0938. The van der Waals surface area contributed by atoms with E-state index in [2.05, 4.69) is 84.1 Å². The molecule has 0 unspecified atom stereocenters. The lowest BCUT2D eigenvalue weighted by Crippen LogP contribution is -2.24. The van der Waals surface area contributed by atoms with Gasteiger partial charge in [-0.3, -0.25) is 4.98 Å². The Bertz CT molecular complexity index is 1020. The van der Waals surface area contributed by atoms with Crippen LogP contribution in [0.5, 0.6) is 0 Å². The van der Waals surface area contributed by atoms with Crippen molar-refractivity contribution in [2.24, 2.45) is 0 Å². The third kappa shape index (κ3) is 2.64. The quantitative estimate of drug-likeness (QED) is 0.489. The molecule has 0 spiro atoms. The fourth-order valence-corrected chi connectivity index (χ4v) is 5.27. The van der Waals surface area contributed by atoms with Gasteiger partial charge >= 0.3 is 0 Å². The van der Waals surface area contributed by atoms with Gasteiger partial charge in [-0.15, -0.1) is 0 Å². The molecule has 1 aliphatic carbocycles. The number of rotatable bonds is 3. The van der Waals surface area contributed by atoms with Gasteiger partial charge in [0.2, 0.25) is 0 Å². The van der Waals surface area contributed by atoms with Crippen molar-refractivity contribution in [2.45, 2.75) is 59.8 Å². The van der Waals surface area contributed by atoms with Gasteiger partial charge in [-0.1, -0.05) is 48.7 Å². The van der Waals surface area contributed by atoms with Crippen LogP contribution in [0.3, 0.4) is 0 Å². The Morgan fingerprint density at radius 3 is 2.00 bits per heavy atom. The van der Waals surface area contributed by atoms with Gasteiger partial charge in [0, 0.05) is 17.2 Å². The second-order valence-corrected chi connectivity index (χ2v) is 8.29. The van der Waals surface area contributed by atoms with E-state index in [9.17, 15) is 0 Å². The summed E-state index contributed by atoms with van der Waals surface area (Å²) in [4.78, 5) is 4.93. The summed E-state index contributed by atoms with van der Waals surface area (Å²) in [5, 5.41) is 0. The van der Waals surface area contributed by atoms with Crippen molar-refractivity contribution in [3.8, 4) is 22.4 Å². The largest absolute Gasteiger partial charge is 0.256 e. The van der Waals surface area contributed by atoms with E-state index >= 15 is 0 Å². The second kappa shape index (κ2) is 6.34. The summed E-state index contributed by atoms with van der Waals surface area (Å²) in [5.41, 5.74) is 13.4. The predicted molar refractivity (Wildman–Crippen MR) is 115 cm³/mol. The van der Waals surface area contributed by atoms with Gasteiger partial charge in [0.05, 0.1) is 5.69 Å². The van der Waals surface area contributed by atoms with Crippen LogP contribution in [0, 0.1) is 27.7 Å². The van der Waals surface area contributed by atoms with Crippen LogP contribution in [-0.2, 0) is 5.41 Å². The Morgan fingerprint density at radius 2 is 1.37 bits per heavy atom. The number of aryl methyl sites for hydroxylation is 4. The van der Waals surface area contributed by atoms with Crippen LogP contribution in [0.2, 0.25) is 0 Å². The average molecular weight is 356 g/mol. The van der Waals surface area contributed by atoms with E-state index in [1.54, 1.807) is 0 Å². The first kappa shape index (κ1) is 18.0. The molecule has 0 N–H and O–H groups in total. The fourth-order valence-electron chi connectivity index (χ4n) is 5.27. The van der Waals surface area contributed by atoms with Crippen molar-refractivity contribution in [2.75, 3.05) is 0 Å². The highest BCUT2D eigenvalue weighted by Gasteiger charge is 2.42. The van der Waals surface area contributed by atoms with E-state index < -0.39 is 0 Å². The van der Waals surface area contributed by atoms with Crippen LogP contribution in [0.25, 0.3) is 22.4 Å². The molecule has 0 atom stereocenters. The molecular weight excluding hydrogens is 326 g/mol. The molecule has 138 valence electrons. The normalized spacial score (nSPS) is 14.1. The van der Waals surface area contributed by atoms with Crippen molar-refractivity contribution >= 4 is 0 Å². The van der Waals surface area contributed by atoms with Crippen molar-refractivity contribution in [1.82, 2.24) is 4.98 Å². The molecule has 0 amide bonds. The lowest BCUT2D eigenvalue weighted by atomic mass is 9.73. The number of fused-ring (bicyclic) bond motifs is 3. The molecular formula is C26H29N. The Balaban J connectivity index is 2.00. The van der Waals surface area contributed by atoms with Gasteiger partial charge in [-0.2, -0.15) is 0 Å². The SMILES string of the molecule is CCC1(CC)c2cnc(-c3cc(C)cc(C)c3)cc2-c2cc(C)cc(C)c21. The highest BCUT2D eigenvalue weighted by molar-refractivity contribution is 5.85. The number of pyridine rings is 1. The number of nitrogens with zero attached hydrogens (tertiary/aromatic N) is 1. The van der Waals surface area contributed by atoms with E-state index in [-0.39, 0.29) is 5.41 Å². The standard InChI is InChI=1S/C26H29N/c1-7-26(8-2)23-15-27-24(20-11-16(3)9-17(4)12-20)14-21(23)22-13-18(5)10-19(6)25(22)26/h9-15H,7-8H2,1-6H3. The zero-order valence-electron chi connectivity index (χ0n) is 17.4. The molecule has 1 aliphatic rings. The molecule has 0 fully saturated rings. The predicted octanol–water partition coefficient (Wildman–Crippen LogP) is 7.07. The zero-order chi connectivity index (χ0) is 19.3. The molecule has 1 heterocycles. The highest BCUT2D eigenvalue weighted by Crippen LogP contribution is 2.54. The topological polar surface area (TPSA) is 12.9 Å². The highest BCUT2D eigenvalue weighted by atomic mass is 14.7. The molecule has 0 saturated carbocycles. The summed E-state index contributed by atoms with van der Waals surface area (Å²) >= 11 is 0. The maximum absolute atomic E-state index is 4.93. The molecule has 2 aromatic carbocycles. The van der Waals surface area contributed by atoms with Crippen LogP contribution in [0.4, 0.5) is 0 Å². The zero-order valence-corrected chi connectivity index (χ0v) is 17.4. The van der Waals surface area contributed by atoms with Crippen LogP contribution >= 0.6 is 0 Å². The number of aromatic nitrogens is 1. The molecule has 1 nitrogen and oxygen atoms in total. The summed E-state index contributed by atoms with van der Waals surface area (Å²) in [6.07, 6.45) is 4.38. The molecule has 0 aliphatic heterocycles. The minimum absolute atomic E-state index is 0.0938. The lowest BCUT2D eigenvalue weighted by Gasteiger charge is -2.30. The molecule has 4 rings (SSSR count). The van der Waals surface area contributed by atoms with E-state index in [1.807, 2.05) is 0 Å². The maximum Gasteiger partial charge on any atom is 0.0708 e. The number of benzene rings is 2. The van der Waals surface area contributed by atoms with Crippen molar-refractivity contribution in [3.05, 3.63) is 76.0 Å². The summed E-state index contributed by atoms with van der Waals surface area (Å²) in [5.74, 6) is 0. The Kier molecular flexibility index (Phi) is 4.22. The molecule has 27 heavy (non-hydrogen) atoms.